The second kappa shape index (κ2) is 5.98. The summed E-state index contributed by atoms with van der Waals surface area (Å²) in [5.74, 6) is -0.559. The molecule has 0 spiro atoms. The largest absolute Gasteiger partial charge is 0.358 e. The number of halogens is 2. The van der Waals surface area contributed by atoms with Crippen LogP contribution in [0.2, 0.25) is 5.02 Å². The van der Waals surface area contributed by atoms with Crippen LogP contribution in [-0.2, 0) is 4.79 Å². The molecule has 0 aliphatic rings. The van der Waals surface area contributed by atoms with Crippen LogP contribution >= 0.6 is 11.6 Å². The molecule has 0 heterocycles. The van der Waals surface area contributed by atoms with Gasteiger partial charge in [0, 0.05) is 13.1 Å². The van der Waals surface area contributed by atoms with E-state index in [9.17, 15) is 9.18 Å². The molecule has 1 amide bonds. The molecular weight excluding hydrogens is 243 g/mol. The van der Waals surface area contributed by atoms with Crippen LogP contribution in [0.15, 0.2) is 18.2 Å². The predicted octanol–water partition coefficient (Wildman–Crippen LogP) is 2.26. The van der Waals surface area contributed by atoms with Gasteiger partial charge in [-0.05, 0) is 31.5 Å². The van der Waals surface area contributed by atoms with Crippen molar-refractivity contribution in [1.29, 1.82) is 0 Å². The van der Waals surface area contributed by atoms with E-state index >= 15 is 0 Å². The topological polar surface area (TPSA) is 41.1 Å². The van der Waals surface area contributed by atoms with Gasteiger partial charge in [0.25, 0.3) is 0 Å². The van der Waals surface area contributed by atoms with E-state index in [0.717, 1.165) is 5.56 Å². The van der Waals surface area contributed by atoms with E-state index < -0.39 is 5.82 Å². The number of carbonyl (C=O) groups is 1. The van der Waals surface area contributed by atoms with E-state index in [0.29, 0.717) is 0 Å². The number of amides is 1. The molecule has 0 radical (unpaired) electrons. The lowest BCUT2D eigenvalue weighted by Crippen LogP contribution is -2.41. The van der Waals surface area contributed by atoms with Gasteiger partial charge >= 0.3 is 0 Å². The highest BCUT2D eigenvalue weighted by molar-refractivity contribution is 6.30. The number of carbonyl (C=O) groups excluding carboxylic acids is 1. The summed E-state index contributed by atoms with van der Waals surface area (Å²) in [4.78, 5) is 11.3. The highest BCUT2D eigenvalue weighted by Crippen LogP contribution is 2.20. The third kappa shape index (κ3) is 3.68. The fraction of sp³-hybridized carbons (Fsp3) is 0.417. The Bertz CT molecular complexity index is 411. The molecule has 3 nitrogen and oxygen atoms in total. The lowest BCUT2D eigenvalue weighted by atomic mass is 10.1. The van der Waals surface area contributed by atoms with Gasteiger partial charge in [-0.25, -0.2) is 4.39 Å². The summed E-state index contributed by atoms with van der Waals surface area (Å²) >= 11 is 5.60. The highest BCUT2D eigenvalue weighted by Gasteiger charge is 2.15. The lowest BCUT2D eigenvalue weighted by Gasteiger charge is -2.19. The van der Waals surface area contributed by atoms with Gasteiger partial charge in [-0.15, -0.1) is 0 Å². The average Bonchev–Trinajstić information content (AvgIpc) is 2.31. The standard InChI is InChI=1S/C12H16ClFN2O/c1-7(16-8(2)12(17)15-3)9-4-5-10(13)11(14)6-9/h4-8,16H,1-3H3,(H,15,17). The van der Waals surface area contributed by atoms with Crippen LogP contribution in [0.1, 0.15) is 25.5 Å². The fourth-order valence-electron chi connectivity index (χ4n) is 1.55. The van der Waals surface area contributed by atoms with Crippen LogP contribution in [0, 0.1) is 5.82 Å². The van der Waals surface area contributed by atoms with Crippen molar-refractivity contribution in [2.24, 2.45) is 0 Å². The molecule has 0 bridgehead atoms. The van der Waals surface area contributed by atoms with Gasteiger partial charge in [-0.3, -0.25) is 10.1 Å². The quantitative estimate of drug-likeness (QED) is 0.870. The molecule has 17 heavy (non-hydrogen) atoms. The Hall–Kier alpha value is -1.13. The van der Waals surface area contributed by atoms with Crippen molar-refractivity contribution in [2.75, 3.05) is 7.05 Å². The zero-order chi connectivity index (χ0) is 13.0. The van der Waals surface area contributed by atoms with Crippen LogP contribution in [0.3, 0.4) is 0 Å². The second-order valence-corrected chi connectivity index (χ2v) is 4.31. The molecule has 1 aromatic carbocycles. The Labute approximate surface area is 105 Å². The molecule has 0 fully saturated rings. The summed E-state index contributed by atoms with van der Waals surface area (Å²) in [6.07, 6.45) is 0. The molecule has 2 unspecified atom stereocenters. The minimum absolute atomic E-state index is 0.0975. The Kier molecular flexibility index (Phi) is 4.90. The smallest absolute Gasteiger partial charge is 0.236 e. The molecule has 94 valence electrons. The molecule has 1 rings (SSSR count). The summed E-state index contributed by atoms with van der Waals surface area (Å²) in [6, 6.07) is 4.15. The van der Waals surface area contributed by atoms with Crippen LogP contribution in [0.5, 0.6) is 0 Å². The molecule has 2 N–H and O–H groups in total. The third-order valence-corrected chi connectivity index (χ3v) is 2.89. The van der Waals surface area contributed by atoms with E-state index in [1.807, 2.05) is 6.92 Å². The first-order valence-corrected chi connectivity index (χ1v) is 5.76. The van der Waals surface area contributed by atoms with Gasteiger partial charge in [0.2, 0.25) is 5.91 Å². The molecule has 1 aromatic rings. The molecule has 0 aliphatic carbocycles. The van der Waals surface area contributed by atoms with E-state index in [1.54, 1.807) is 20.0 Å². The Morgan fingerprint density at radius 1 is 1.41 bits per heavy atom. The minimum atomic E-state index is -0.453. The first kappa shape index (κ1) is 13.9. The molecule has 5 heteroatoms. The van der Waals surface area contributed by atoms with Gasteiger partial charge in [-0.1, -0.05) is 17.7 Å². The first-order valence-electron chi connectivity index (χ1n) is 5.38. The third-order valence-electron chi connectivity index (χ3n) is 2.58. The summed E-state index contributed by atoms with van der Waals surface area (Å²) in [6.45, 7) is 3.61. The minimum Gasteiger partial charge on any atom is -0.358 e. The van der Waals surface area contributed by atoms with Crippen LogP contribution in [0.4, 0.5) is 4.39 Å². The molecule has 0 aliphatic heterocycles. The van der Waals surface area contributed by atoms with Gasteiger partial charge in [0.15, 0.2) is 0 Å². The molecule has 0 saturated carbocycles. The maximum absolute atomic E-state index is 13.3. The van der Waals surface area contributed by atoms with E-state index in [1.165, 1.54) is 12.1 Å². The van der Waals surface area contributed by atoms with Gasteiger partial charge in [0.05, 0.1) is 11.1 Å². The van der Waals surface area contributed by atoms with Crippen LogP contribution in [-0.4, -0.2) is 19.0 Å². The Balaban J connectivity index is 2.72. The molecule has 0 aromatic heterocycles. The summed E-state index contributed by atoms with van der Waals surface area (Å²) < 4.78 is 13.3. The second-order valence-electron chi connectivity index (χ2n) is 3.90. The van der Waals surface area contributed by atoms with Crippen molar-refractivity contribution in [3.05, 3.63) is 34.6 Å². The fourth-order valence-corrected chi connectivity index (χ4v) is 1.66. The van der Waals surface area contributed by atoms with E-state index in [4.69, 9.17) is 11.6 Å². The highest BCUT2D eigenvalue weighted by atomic mass is 35.5. The normalized spacial score (nSPS) is 14.2. The van der Waals surface area contributed by atoms with E-state index in [2.05, 4.69) is 10.6 Å². The number of rotatable bonds is 4. The number of likely N-dealkylation sites (N-methyl/N-ethyl adjacent to an activating group) is 1. The van der Waals surface area contributed by atoms with Crippen molar-refractivity contribution < 1.29 is 9.18 Å². The monoisotopic (exact) mass is 258 g/mol. The number of hydrogen-bond acceptors (Lipinski definition) is 2. The Morgan fingerprint density at radius 3 is 2.59 bits per heavy atom. The zero-order valence-corrected chi connectivity index (χ0v) is 10.8. The first-order chi connectivity index (χ1) is 7.95. The average molecular weight is 259 g/mol. The summed E-state index contributed by atoms with van der Waals surface area (Å²) in [7, 11) is 1.58. The number of nitrogens with one attached hydrogen (secondary N) is 2. The van der Waals surface area contributed by atoms with Gasteiger partial charge < -0.3 is 5.32 Å². The van der Waals surface area contributed by atoms with E-state index in [-0.39, 0.29) is 23.0 Å². The summed E-state index contributed by atoms with van der Waals surface area (Å²) in [5.41, 5.74) is 0.752. The van der Waals surface area contributed by atoms with Crippen molar-refractivity contribution in [2.45, 2.75) is 25.9 Å². The van der Waals surface area contributed by atoms with Gasteiger partial charge in [0.1, 0.15) is 5.82 Å². The van der Waals surface area contributed by atoms with Crippen molar-refractivity contribution in [3.63, 3.8) is 0 Å². The molecule has 2 atom stereocenters. The maximum atomic E-state index is 13.3. The maximum Gasteiger partial charge on any atom is 0.236 e. The van der Waals surface area contributed by atoms with Crippen LogP contribution < -0.4 is 10.6 Å². The zero-order valence-electron chi connectivity index (χ0n) is 10.1. The SMILES string of the molecule is CNC(=O)C(C)NC(C)c1ccc(Cl)c(F)c1. The van der Waals surface area contributed by atoms with Crippen molar-refractivity contribution in [1.82, 2.24) is 10.6 Å². The lowest BCUT2D eigenvalue weighted by molar-refractivity contribution is -0.122. The number of hydrogen-bond donors (Lipinski definition) is 2. The molecular formula is C12H16ClFN2O. The van der Waals surface area contributed by atoms with Crippen molar-refractivity contribution in [3.8, 4) is 0 Å². The van der Waals surface area contributed by atoms with Gasteiger partial charge in [-0.2, -0.15) is 0 Å². The van der Waals surface area contributed by atoms with Crippen molar-refractivity contribution >= 4 is 17.5 Å². The predicted molar refractivity (Wildman–Crippen MR) is 66.5 cm³/mol. The number of benzene rings is 1. The molecule has 0 saturated heterocycles. The summed E-state index contributed by atoms with van der Waals surface area (Å²) in [5, 5.41) is 5.71. The Morgan fingerprint density at radius 2 is 2.06 bits per heavy atom. The van der Waals surface area contributed by atoms with Crippen LogP contribution in [0.25, 0.3) is 0 Å².